The van der Waals surface area contributed by atoms with E-state index in [2.05, 4.69) is 59.5 Å². The first-order chi connectivity index (χ1) is 16.0. The van der Waals surface area contributed by atoms with Gasteiger partial charge < -0.3 is 10.2 Å². The lowest BCUT2D eigenvalue weighted by molar-refractivity contribution is 0.0282. The number of aryl methyl sites for hydroxylation is 1. The van der Waals surface area contributed by atoms with E-state index in [-0.39, 0.29) is 5.82 Å². The van der Waals surface area contributed by atoms with Gasteiger partial charge in [-0.3, -0.25) is 9.58 Å². The van der Waals surface area contributed by atoms with Crippen molar-refractivity contribution in [1.29, 1.82) is 0 Å². The number of piperidine rings is 3. The summed E-state index contributed by atoms with van der Waals surface area (Å²) in [5.41, 5.74) is 5.77. The summed E-state index contributed by atoms with van der Waals surface area (Å²) >= 11 is 0. The summed E-state index contributed by atoms with van der Waals surface area (Å²) in [4.78, 5) is 4.79. The Morgan fingerprint density at radius 1 is 1.09 bits per heavy atom. The zero-order chi connectivity index (χ0) is 22.9. The molecule has 2 bridgehead atoms. The van der Waals surface area contributed by atoms with Gasteiger partial charge in [0.15, 0.2) is 0 Å². The Balaban J connectivity index is 1.20. The van der Waals surface area contributed by atoms with E-state index < -0.39 is 0 Å². The molecule has 0 radical (unpaired) electrons. The van der Waals surface area contributed by atoms with Crippen LogP contribution in [-0.2, 0) is 13.6 Å². The van der Waals surface area contributed by atoms with E-state index in [0.29, 0.717) is 17.9 Å². The molecule has 0 amide bonds. The van der Waals surface area contributed by atoms with Crippen molar-refractivity contribution in [3.8, 4) is 11.3 Å². The van der Waals surface area contributed by atoms with Gasteiger partial charge in [-0.15, -0.1) is 0 Å². The second kappa shape index (κ2) is 9.27. The molecule has 4 unspecified atom stereocenters. The highest BCUT2D eigenvalue weighted by molar-refractivity contribution is 5.59. The van der Waals surface area contributed by atoms with Crippen LogP contribution < -0.4 is 10.2 Å². The van der Waals surface area contributed by atoms with Crippen molar-refractivity contribution in [3.05, 3.63) is 71.7 Å². The molecule has 3 aliphatic rings. The fraction of sp³-hybridized carbons (Fsp3) is 0.444. The molecule has 0 aliphatic carbocycles. The Morgan fingerprint density at radius 3 is 2.52 bits per heavy atom. The average Bonchev–Trinajstić information content (AvgIpc) is 3.21. The summed E-state index contributed by atoms with van der Waals surface area (Å²) < 4.78 is 15.3. The Bertz CT molecular complexity index is 1070. The van der Waals surface area contributed by atoms with Crippen molar-refractivity contribution in [2.24, 2.45) is 13.0 Å². The van der Waals surface area contributed by atoms with Crippen molar-refractivity contribution in [3.63, 3.8) is 0 Å². The summed E-state index contributed by atoms with van der Waals surface area (Å²) in [5, 5.41) is 8.45. The summed E-state index contributed by atoms with van der Waals surface area (Å²) in [5.74, 6) is 0.996. The molecule has 0 spiro atoms. The van der Waals surface area contributed by atoms with Crippen molar-refractivity contribution >= 4 is 5.69 Å². The molecule has 2 aromatic carbocycles. The van der Waals surface area contributed by atoms with Crippen LogP contribution in [0.5, 0.6) is 0 Å². The monoisotopic (exact) mass is 447 g/mol. The zero-order valence-electron chi connectivity index (χ0n) is 19.8. The molecule has 1 aromatic heterocycles. The lowest BCUT2D eigenvalue weighted by atomic mass is 9.74. The predicted octanol–water partition coefficient (Wildman–Crippen LogP) is 4.26. The van der Waals surface area contributed by atoms with Crippen LogP contribution >= 0.6 is 0 Å². The molecule has 0 saturated carbocycles. The number of benzene rings is 2. The molecule has 4 atom stereocenters. The highest BCUT2D eigenvalue weighted by Gasteiger charge is 2.41. The molecular formula is C27H34FN5. The van der Waals surface area contributed by atoms with Gasteiger partial charge in [-0.05, 0) is 73.3 Å². The molecule has 6 heteroatoms. The van der Waals surface area contributed by atoms with Crippen LogP contribution in [0.25, 0.3) is 11.3 Å². The van der Waals surface area contributed by atoms with Gasteiger partial charge in [-0.1, -0.05) is 12.1 Å². The van der Waals surface area contributed by atoms with E-state index in [4.69, 9.17) is 5.10 Å². The lowest BCUT2D eigenvalue weighted by Crippen LogP contribution is -2.55. The maximum absolute atomic E-state index is 13.3. The van der Waals surface area contributed by atoms with Crippen LogP contribution in [0.15, 0.2) is 54.6 Å². The van der Waals surface area contributed by atoms with Gasteiger partial charge >= 0.3 is 0 Å². The van der Waals surface area contributed by atoms with Gasteiger partial charge in [0.1, 0.15) is 5.82 Å². The minimum atomic E-state index is -0.211. The Hall–Kier alpha value is -2.70. The van der Waals surface area contributed by atoms with E-state index >= 15 is 0 Å². The molecular weight excluding hydrogens is 413 g/mol. The number of anilines is 1. The topological polar surface area (TPSA) is 36.3 Å². The van der Waals surface area contributed by atoms with E-state index in [1.807, 2.05) is 23.9 Å². The SMILES string of the molecule is CN(C)c1ccc(CNCC2CC3CCN2CC3c2cc(-c3ccc(F)cc3)nn2C)cc1. The summed E-state index contributed by atoms with van der Waals surface area (Å²) in [6.45, 7) is 4.23. The normalized spacial score (nSPS) is 24.2. The number of aromatic nitrogens is 2. The Labute approximate surface area is 196 Å². The molecule has 3 saturated heterocycles. The number of halogens is 1. The molecule has 3 fully saturated rings. The second-order valence-corrected chi connectivity index (χ2v) is 9.82. The molecule has 174 valence electrons. The smallest absolute Gasteiger partial charge is 0.123 e. The third-order valence-electron chi connectivity index (χ3n) is 7.48. The second-order valence-electron chi connectivity index (χ2n) is 9.82. The van der Waals surface area contributed by atoms with Crippen LogP contribution in [0.1, 0.15) is 30.0 Å². The number of fused-ring (bicyclic) bond motifs is 3. The summed E-state index contributed by atoms with van der Waals surface area (Å²) in [6.07, 6.45) is 2.48. The van der Waals surface area contributed by atoms with Crippen LogP contribution in [0.2, 0.25) is 0 Å². The third-order valence-corrected chi connectivity index (χ3v) is 7.48. The number of nitrogens with one attached hydrogen (secondary N) is 1. The van der Waals surface area contributed by atoms with E-state index in [1.165, 1.54) is 48.5 Å². The van der Waals surface area contributed by atoms with E-state index in [1.54, 1.807) is 0 Å². The third kappa shape index (κ3) is 4.68. The quantitative estimate of drug-likeness (QED) is 0.587. The van der Waals surface area contributed by atoms with Gasteiger partial charge in [0, 0.05) is 69.7 Å². The van der Waals surface area contributed by atoms with Gasteiger partial charge in [0.25, 0.3) is 0 Å². The zero-order valence-corrected chi connectivity index (χ0v) is 19.8. The van der Waals surface area contributed by atoms with E-state index in [0.717, 1.165) is 30.9 Å². The van der Waals surface area contributed by atoms with Crippen LogP contribution in [0.4, 0.5) is 10.1 Å². The van der Waals surface area contributed by atoms with Gasteiger partial charge in [-0.2, -0.15) is 5.10 Å². The van der Waals surface area contributed by atoms with Crippen molar-refractivity contribution < 1.29 is 4.39 Å². The van der Waals surface area contributed by atoms with Crippen molar-refractivity contribution in [2.75, 3.05) is 38.6 Å². The molecule has 5 nitrogen and oxygen atoms in total. The Kier molecular flexibility index (Phi) is 6.21. The highest BCUT2D eigenvalue weighted by atomic mass is 19.1. The first kappa shape index (κ1) is 22.1. The lowest BCUT2D eigenvalue weighted by Gasteiger charge is -2.50. The minimum Gasteiger partial charge on any atom is -0.378 e. The Morgan fingerprint density at radius 2 is 1.85 bits per heavy atom. The average molecular weight is 448 g/mol. The van der Waals surface area contributed by atoms with Gasteiger partial charge in [0.05, 0.1) is 5.69 Å². The predicted molar refractivity (Wildman–Crippen MR) is 132 cm³/mol. The van der Waals surface area contributed by atoms with Crippen LogP contribution in [0.3, 0.4) is 0 Å². The fourth-order valence-electron chi connectivity index (χ4n) is 5.57. The highest BCUT2D eigenvalue weighted by Crippen LogP contribution is 2.42. The summed E-state index contributed by atoms with van der Waals surface area (Å²) in [6, 6.07) is 18.2. The molecule has 3 aromatic rings. The van der Waals surface area contributed by atoms with Crippen LogP contribution in [0, 0.1) is 11.7 Å². The molecule has 4 heterocycles. The van der Waals surface area contributed by atoms with Crippen molar-refractivity contribution in [1.82, 2.24) is 20.0 Å². The van der Waals surface area contributed by atoms with E-state index in [9.17, 15) is 4.39 Å². The standard InChI is InChI=1S/C27H34FN5/c1-31(2)23-10-4-19(5-11-23)16-29-17-24-14-21-12-13-33(24)18-25(21)27-15-26(30-32(27)3)20-6-8-22(28)9-7-20/h4-11,15,21,24-25,29H,12-14,16-18H2,1-3H3. The first-order valence-electron chi connectivity index (χ1n) is 12.0. The number of rotatable bonds is 7. The van der Waals surface area contributed by atoms with Crippen LogP contribution in [-0.4, -0.2) is 54.5 Å². The first-order valence-corrected chi connectivity index (χ1v) is 12.0. The number of hydrogen-bond acceptors (Lipinski definition) is 4. The number of hydrogen-bond donors (Lipinski definition) is 1. The van der Waals surface area contributed by atoms with Gasteiger partial charge in [-0.25, -0.2) is 4.39 Å². The number of nitrogens with zero attached hydrogens (tertiary/aromatic N) is 4. The van der Waals surface area contributed by atoms with Gasteiger partial charge in [0.2, 0.25) is 0 Å². The summed E-state index contributed by atoms with van der Waals surface area (Å²) in [7, 11) is 6.19. The fourth-order valence-corrected chi connectivity index (χ4v) is 5.57. The molecule has 3 aliphatic heterocycles. The van der Waals surface area contributed by atoms with Crippen molar-refractivity contribution in [2.45, 2.75) is 31.3 Å². The largest absolute Gasteiger partial charge is 0.378 e. The minimum absolute atomic E-state index is 0.211. The molecule has 1 N–H and O–H groups in total. The maximum atomic E-state index is 13.3. The maximum Gasteiger partial charge on any atom is 0.123 e. The molecule has 6 rings (SSSR count). The molecule has 33 heavy (non-hydrogen) atoms.